The summed E-state index contributed by atoms with van der Waals surface area (Å²) in [6, 6.07) is 5.40. The van der Waals surface area contributed by atoms with Crippen LogP contribution in [0.2, 0.25) is 0 Å². The van der Waals surface area contributed by atoms with Crippen molar-refractivity contribution < 1.29 is 9.59 Å². The van der Waals surface area contributed by atoms with E-state index >= 15 is 0 Å². The highest BCUT2D eigenvalue weighted by Crippen LogP contribution is 2.16. The molecule has 0 spiro atoms. The van der Waals surface area contributed by atoms with E-state index in [0.717, 1.165) is 28.8 Å². The minimum atomic E-state index is -0.0502. The zero-order valence-corrected chi connectivity index (χ0v) is 15.6. The van der Waals surface area contributed by atoms with Crippen molar-refractivity contribution in [2.45, 2.75) is 27.2 Å². The van der Waals surface area contributed by atoms with Crippen LogP contribution in [-0.2, 0) is 0 Å². The summed E-state index contributed by atoms with van der Waals surface area (Å²) in [7, 11) is 0. The largest absolute Gasteiger partial charge is 0.338 e. The smallest absolute Gasteiger partial charge is 0.317 e. The standard InChI is InChI=1S/C19H25N5O2/c1-4-7-20-19(26)24-10-8-23(9-11-24)18(25)15-5-6-16-17(12-15)22-14(3)13(2)21-16/h5-6,12H,4,7-11H2,1-3H3,(H,20,26). The Morgan fingerprint density at radius 2 is 1.62 bits per heavy atom. The monoisotopic (exact) mass is 355 g/mol. The summed E-state index contributed by atoms with van der Waals surface area (Å²) in [6.07, 6.45) is 0.911. The number of rotatable bonds is 3. The molecule has 2 aromatic rings. The van der Waals surface area contributed by atoms with Crippen molar-refractivity contribution in [3.8, 4) is 0 Å². The molecular formula is C19H25N5O2. The number of nitrogens with one attached hydrogen (secondary N) is 1. The van der Waals surface area contributed by atoms with Crippen LogP contribution in [0.15, 0.2) is 18.2 Å². The van der Waals surface area contributed by atoms with Gasteiger partial charge in [0.1, 0.15) is 0 Å². The fourth-order valence-corrected chi connectivity index (χ4v) is 3.00. The topological polar surface area (TPSA) is 78.4 Å². The summed E-state index contributed by atoms with van der Waals surface area (Å²) >= 11 is 0. The molecule has 0 radical (unpaired) electrons. The molecule has 2 heterocycles. The first kappa shape index (κ1) is 18.1. The molecular weight excluding hydrogens is 330 g/mol. The molecule has 138 valence electrons. The van der Waals surface area contributed by atoms with Crippen LogP contribution in [0.4, 0.5) is 4.79 Å². The molecule has 7 nitrogen and oxygen atoms in total. The quantitative estimate of drug-likeness (QED) is 0.915. The lowest BCUT2D eigenvalue weighted by molar-refractivity contribution is 0.0665. The average Bonchev–Trinajstić information content (AvgIpc) is 2.66. The summed E-state index contributed by atoms with van der Waals surface area (Å²) in [5, 5.41) is 2.88. The molecule has 3 rings (SSSR count). The summed E-state index contributed by atoms with van der Waals surface area (Å²) < 4.78 is 0. The van der Waals surface area contributed by atoms with Gasteiger partial charge in [-0.1, -0.05) is 6.92 Å². The van der Waals surface area contributed by atoms with Crippen LogP contribution < -0.4 is 5.32 Å². The second kappa shape index (κ2) is 7.68. The normalized spacial score (nSPS) is 14.6. The zero-order chi connectivity index (χ0) is 18.7. The van der Waals surface area contributed by atoms with E-state index in [2.05, 4.69) is 15.3 Å². The van der Waals surface area contributed by atoms with E-state index < -0.39 is 0 Å². The first-order valence-corrected chi connectivity index (χ1v) is 9.06. The van der Waals surface area contributed by atoms with Crippen LogP contribution in [-0.4, -0.2) is 64.4 Å². The van der Waals surface area contributed by atoms with Crippen molar-refractivity contribution in [3.05, 3.63) is 35.2 Å². The fourth-order valence-electron chi connectivity index (χ4n) is 3.00. The SMILES string of the molecule is CCCNC(=O)N1CCN(C(=O)c2ccc3nc(C)c(C)nc3c2)CC1. The van der Waals surface area contributed by atoms with E-state index in [1.165, 1.54) is 0 Å². The van der Waals surface area contributed by atoms with Crippen LogP contribution in [0.5, 0.6) is 0 Å². The Morgan fingerprint density at radius 1 is 1.00 bits per heavy atom. The molecule has 1 aliphatic heterocycles. The number of urea groups is 1. The first-order chi connectivity index (χ1) is 12.5. The van der Waals surface area contributed by atoms with Gasteiger partial charge >= 0.3 is 6.03 Å². The molecule has 1 aliphatic rings. The van der Waals surface area contributed by atoms with E-state index in [1.54, 1.807) is 21.9 Å². The number of aromatic nitrogens is 2. The number of carbonyl (C=O) groups excluding carboxylic acids is 2. The lowest BCUT2D eigenvalue weighted by Crippen LogP contribution is -2.53. The second-order valence-electron chi connectivity index (χ2n) is 6.61. The number of amides is 3. The van der Waals surface area contributed by atoms with Crippen LogP contribution >= 0.6 is 0 Å². The van der Waals surface area contributed by atoms with Crippen molar-refractivity contribution in [1.82, 2.24) is 25.1 Å². The number of aryl methyl sites for hydroxylation is 2. The van der Waals surface area contributed by atoms with Crippen molar-refractivity contribution >= 4 is 23.0 Å². The predicted molar refractivity (Wildman–Crippen MR) is 100 cm³/mol. The van der Waals surface area contributed by atoms with Crippen molar-refractivity contribution in [2.75, 3.05) is 32.7 Å². The van der Waals surface area contributed by atoms with E-state index in [0.29, 0.717) is 38.3 Å². The number of nitrogens with zero attached hydrogens (tertiary/aromatic N) is 4. The van der Waals surface area contributed by atoms with Gasteiger partial charge in [0.25, 0.3) is 5.91 Å². The van der Waals surface area contributed by atoms with Crippen molar-refractivity contribution in [2.24, 2.45) is 0 Å². The zero-order valence-electron chi connectivity index (χ0n) is 15.6. The van der Waals surface area contributed by atoms with Crippen LogP contribution in [0.3, 0.4) is 0 Å². The molecule has 1 saturated heterocycles. The molecule has 3 amide bonds. The molecule has 1 aromatic heterocycles. The van der Waals surface area contributed by atoms with E-state index in [4.69, 9.17) is 0 Å². The molecule has 1 aromatic carbocycles. The van der Waals surface area contributed by atoms with Crippen LogP contribution in [0.25, 0.3) is 11.0 Å². The second-order valence-corrected chi connectivity index (χ2v) is 6.61. The van der Waals surface area contributed by atoms with Crippen LogP contribution in [0.1, 0.15) is 35.1 Å². The van der Waals surface area contributed by atoms with Gasteiger partial charge in [0.15, 0.2) is 0 Å². The Kier molecular flexibility index (Phi) is 5.35. The average molecular weight is 355 g/mol. The molecule has 26 heavy (non-hydrogen) atoms. The third kappa shape index (κ3) is 3.76. The highest BCUT2D eigenvalue weighted by molar-refractivity contribution is 5.97. The lowest BCUT2D eigenvalue weighted by atomic mass is 10.1. The summed E-state index contributed by atoms with van der Waals surface area (Å²) in [6.45, 7) is 8.71. The number of hydrogen-bond donors (Lipinski definition) is 1. The fraction of sp³-hybridized carbons (Fsp3) is 0.474. The Balaban J connectivity index is 1.68. The predicted octanol–water partition coefficient (Wildman–Crippen LogP) is 2.12. The van der Waals surface area contributed by atoms with Gasteiger partial charge in [0, 0.05) is 38.3 Å². The minimum Gasteiger partial charge on any atom is -0.338 e. The van der Waals surface area contributed by atoms with Gasteiger partial charge < -0.3 is 15.1 Å². The molecule has 0 unspecified atom stereocenters. The molecule has 1 fully saturated rings. The maximum Gasteiger partial charge on any atom is 0.317 e. The van der Waals surface area contributed by atoms with Gasteiger partial charge in [-0.05, 0) is 38.5 Å². The van der Waals surface area contributed by atoms with Crippen molar-refractivity contribution in [1.29, 1.82) is 0 Å². The number of benzene rings is 1. The van der Waals surface area contributed by atoms with Crippen molar-refractivity contribution in [3.63, 3.8) is 0 Å². The summed E-state index contributed by atoms with van der Waals surface area (Å²) in [5.74, 6) is -0.0273. The Hall–Kier alpha value is -2.70. The van der Waals surface area contributed by atoms with E-state index in [1.807, 2.05) is 26.8 Å². The van der Waals surface area contributed by atoms with Gasteiger partial charge in [0.2, 0.25) is 0 Å². The highest BCUT2D eigenvalue weighted by atomic mass is 16.2. The summed E-state index contributed by atoms with van der Waals surface area (Å²) in [4.78, 5) is 37.4. The van der Waals surface area contributed by atoms with Gasteiger partial charge in [-0.25, -0.2) is 14.8 Å². The van der Waals surface area contributed by atoms with Gasteiger partial charge in [0.05, 0.1) is 22.4 Å². The first-order valence-electron chi connectivity index (χ1n) is 9.06. The Labute approximate surface area is 153 Å². The molecule has 0 bridgehead atoms. The van der Waals surface area contributed by atoms with E-state index in [9.17, 15) is 9.59 Å². The highest BCUT2D eigenvalue weighted by Gasteiger charge is 2.24. The maximum absolute atomic E-state index is 12.8. The molecule has 1 N–H and O–H groups in total. The van der Waals surface area contributed by atoms with Gasteiger partial charge in [-0.3, -0.25) is 4.79 Å². The minimum absolute atomic E-state index is 0.0273. The Bertz CT molecular complexity index is 828. The summed E-state index contributed by atoms with van der Waals surface area (Å²) in [5.41, 5.74) is 3.90. The van der Waals surface area contributed by atoms with Gasteiger partial charge in [-0.15, -0.1) is 0 Å². The molecule has 0 atom stereocenters. The molecule has 7 heteroatoms. The number of carbonyl (C=O) groups is 2. The molecule has 0 saturated carbocycles. The number of piperazine rings is 1. The molecule has 0 aliphatic carbocycles. The maximum atomic E-state index is 12.8. The lowest BCUT2D eigenvalue weighted by Gasteiger charge is -2.34. The van der Waals surface area contributed by atoms with E-state index in [-0.39, 0.29) is 11.9 Å². The third-order valence-corrected chi connectivity index (χ3v) is 4.70. The van der Waals surface area contributed by atoms with Gasteiger partial charge in [-0.2, -0.15) is 0 Å². The number of fused-ring (bicyclic) bond motifs is 1. The van der Waals surface area contributed by atoms with Crippen LogP contribution in [0, 0.1) is 13.8 Å². The number of hydrogen-bond acceptors (Lipinski definition) is 4. The third-order valence-electron chi connectivity index (χ3n) is 4.70. The Morgan fingerprint density at radius 3 is 2.27 bits per heavy atom.